The molecule has 7 atom stereocenters. The van der Waals surface area contributed by atoms with E-state index in [4.69, 9.17) is 16.6 Å². The molecule has 1 fully saturated rings. The maximum absolute atomic E-state index is 13.4. The minimum Gasteiger partial charge on any atom is -0.480 e. The molecule has 1 saturated heterocycles. The maximum Gasteiger partial charge on any atom is 0.328 e. The van der Waals surface area contributed by atoms with E-state index in [1.807, 2.05) is 6.92 Å². The highest BCUT2D eigenvalue weighted by molar-refractivity contribution is 5.97. The molecule has 0 unspecified atom stereocenters. The van der Waals surface area contributed by atoms with Crippen LogP contribution < -0.4 is 27.4 Å². The highest BCUT2D eigenvalue weighted by atomic mass is 16.4. The fraction of sp³-hybridized carbons (Fsp3) is 0.750. The number of hydrogen-bond acceptors (Lipinski definition) is 8. The van der Waals surface area contributed by atoms with Gasteiger partial charge in [0.15, 0.2) is 0 Å². The lowest BCUT2D eigenvalue weighted by Gasteiger charge is -2.31. The summed E-state index contributed by atoms with van der Waals surface area (Å²) in [6, 6.07) is -5.91. The number of aliphatic carboxylic acids is 1. The molecule has 14 nitrogen and oxygen atoms in total. The fourth-order valence-electron chi connectivity index (χ4n) is 4.08. The molecule has 0 aromatic heterocycles. The topological polar surface area (TPSA) is 234 Å². The number of carbonyl (C=O) groups excluding carboxylic acids is 5. The molecule has 216 valence electrons. The Bertz CT molecular complexity index is 884. The van der Waals surface area contributed by atoms with Gasteiger partial charge in [-0.3, -0.25) is 24.0 Å². The Morgan fingerprint density at radius 1 is 0.947 bits per heavy atom. The highest BCUT2D eigenvalue weighted by Crippen LogP contribution is 2.21. The molecule has 0 aromatic carbocycles. The lowest BCUT2D eigenvalue weighted by molar-refractivity contribution is -0.144. The van der Waals surface area contributed by atoms with E-state index >= 15 is 0 Å². The smallest absolute Gasteiger partial charge is 0.328 e. The van der Waals surface area contributed by atoms with Crippen molar-refractivity contribution in [1.82, 2.24) is 20.9 Å². The van der Waals surface area contributed by atoms with Crippen molar-refractivity contribution in [1.29, 1.82) is 0 Å². The van der Waals surface area contributed by atoms with Gasteiger partial charge in [0.1, 0.15) is 24.2 Å². The van der Waals surface area contributed by atoms with Gasteiger partial charge in [-0.05, 0) is 24.7 Å². The maximum atomic E-state index is 13.4. The van der Waals surface area contributed by atoms with Crippen LogP contribution >= 0.6 is 0 Å². The van der Waals surface area contributed by atoms with Crippen LogP contribution in [0.1, 0.15) is 59.8 Å². The third kappa shape index (κ3) is 8.94. The first-order valence-corrected chi connectivity index (χ1v) is 12.9. The van der Waals surface area contributed by atoms with Crippen LogP contribution in [0.4, 0.5) is 0 Å². The first-order chi connectivity index (χ1) is 17.8. The molecule has 1 aliphatic heterocycles. The predicted molar refractivity (Wildman–Crippen MR) is 136 cm³/mol. The number of nitrogens with zero attached hydrogens (tertiary/aromatic N) is 1. The van der Waals surface area contributed by atoms with Crippen LogP contribution in [-0.4, -0.2) is 94.0 Å². The van der Waals surface area contributed by atoms with Crippen molar-refractivity contribution in [3.8, 4) is 0 Å². The number of primary amides is 1. The van der Waals surface area contributed by atoms with E-state index in [1.165, 1.54) is 4.90 Å². The summed E-state index contributed by atoms with van der Waals surface area (Å²) in [5.41, 5.74) is 11.3. The number of carboxylic acids is 1. The number of carboxylic acid groups (broad SMARTS) is 1. The van der Waals surface area contributed by atoms with Gasteiger partial charge in [0.2, 0.25) is 29.5 Å². The van der Waals surface area contributed by atoms with Gasteiger partial charge in [0.05, 0.1) is 19.1 Å². The quantitative estimate of drug-likeness (QED) is 0.119. The van der Waals surface area contributed by atoms with Crippen LogP contribution in [0.2, 0.25) is 0 Å². The summed E-state index contributed by atoms with van der Waals surface area (Å²) in [6.45, 7) is 6.45. The van der Waals surface area contributed by atoms with E-state index in [0.717, 1.165) is 0 Å². The zero-order chi connectivity index (χ0) is 29.2. The summed E-state index contributed by atoms with van der Waals surface area (Å²) in [4.78, 5) is 76.1. The van der Waals surface area contributed by atoms with E-state index in [0.29, 0.717) is 19.3 Å². The number of aliphatic hydroxyl groups is 1. The van der Waals surface area contributed by atoms with Gasteiger partial charge in [-0.25, -0.2) is 4.79 Å². The summed E-state index contributed by atoms with van der Waals surface area (Å²) in [6.07, 6.45) is 1.32. The number of aliphatic hydroxyl groups excluding tert-OH is 1. The molecule has 38 heavy (non-hydrogen) atoms. The normalized spacial score (nSPS) is 19.8. The van der Waals surface area contributed by atoms with Crippen LogP contribution in [-0.2, 0) is 28.8 Å². The lowest BCUT2D eigenvalue weighted by Crippen LogP contribution is -2.60. The first-order valence-electron chi connectivity index (χ1n) is 12.9. The second-order valence-corrected chi connectivity index (χ2v) is 9.79. The van der Waals surface area contributed by atoms with Crippen LogP contribution in [0.3, 0.4) is 0 Å². The molecule has 1 aliphatic rings. The molecule has 0 saturated carbocycles. The minimum atomic E-state index is -1.55. The second-order valence-electron chi connectivity index (χ2n) is 9.79. The summed E-state index contributed by atoms with van der Waals surface area (Å²) in [7, 11) is 0. The molecule has 14 heteroatoms. The molecule has 1 rings (SSSR count). The Kier molecular flexibility index (Phi) is 13.1. The van der Waals surface area contributed by atoms with Crippen molar-refractivity contribution >= 4 is 35.5 Å². The molecule has 1 heterocycles. The molecular formula is C24H42N6O8. The monoisotopic (exact) mass is 542 g/mol. The summed E-state index contributed by atoms with van der Waals surface area (Å²) in [5.74, 6) is -5.58. The first kappa shape index (κ1) is 32.8. The van der Waals surface area contributed by atoms with E-state index in [1.54, 1.807) is 20.8 Å². The molecule has 0 bridgehead atoms. The largest absolute Gasteiger partial charge is 0.480 e. The van der Waals surface area contributed by atoms with Gasteiger partial charge in [0, 0.05) is 6.54 Å². The highest BCUT2D eigenvalue weighted by Gasteiger charge is 2.40. The molecule has 5 amide bonds. The standard InChI is InChI=1S/C24H42N6O8/c1-5-12(3)18(26)21(34)27-14(10-17(25)32)23(36)30-9-7-8-16(30)20(33)29-19(13(4)6-2)22(35)28-15(11-31)24(37)38/h12-16,18-19,31H,5-11,26H2,1-4H3,(H2,25,32)(H,27,34)(H,28,35)(H,29,33)(H,37,38)/t12-,13-,14-,15-,16-,18-,19-/m0/s1. The molecule has 0 aliphatic carbocycles. The number of nitrogens with two attached hydrogens (primary N) is 2. The average Bonchev–Trinajstić information content (AvgIpc) is 3.37. The van der Waals surface area contributed by atoms with Crippen LogP contribution in [0.15, 0.2) is 0 Å². The summed E-state index contributed by atoms with van der Waals surface area (Å²) >= 11 is 0. The Morgan fingerprint density at radius 3 is 2.03 bits per heavy atom. The molecule has 9 N–H and O–H groups in total. The zero-order valence-corrected chi connectivity index (χ0v) is 22.4. The number of amides is 5. The van der Waals surface area contributed by atoms with Gasteiger partial charge in [-0.15, -0.1) is 0 Å². The van der Waals surface area contributed by atoms with Crippen molar-refractivity contribution in [3.63, 3.8) is 0 Å². The van der Waals surface area contributed by atoms with Gasteiger partial charge < -0.3 is 42.5 Å². The molecule has 0 aromatic rings. The zero-order valence-electron chi connectivity index (χ0n) is 22.4. The van der Waals surface area contributed by atoms with Crippen molar-refractivity contribution in [2.45, 2.75) is 90.0 Å². The third-order valence-electron chi connectivity index (χ3n) is 7.01. The van der Waals surface area contributed by atoms with Crippen LogP contribution in [0, 0.1) is 11.8 Å². The van der Waals surface area contributed by atoms with Gasteiger partial charge in [0.25, 0.3) is 0 Å². The van der Waals surface area contributed by atoms with Crippen LogP contribution in [0.25, 0.3) is 0 Å². The lowest BCUT2D eigenvalue weighted by atomic mass is 9.97. The number of likely N-dealkylation sites (tertiary alicyclic amines) is 1. The fourth-order valence-corrected chi connectivity index (χ4v) is 4.08. The Morgan fingerprint density at radius 2 is 1.53 bits per heavy atom. The molecule has 0 radical (unpaired) electrons. The SMILES string of the molecule is CC[C@H](C)[C@H](N)C(=O)N[C@@H](CC(N)=O)C(=O)N1CCC[C@H]1C(=O)N[C@H](C(=O)N[C@@H](CO)C(=O)O)[C@@H](C)CC. The van der Waals surface area contributed by atoms with Gasteiger partial charge >= 0.3 is 5.97 Å². The van der Waals surface area contributed by atoms with Gasteiger partial charge in [-0.2, -0.15) is 0 Å². The van der Waals surface area contributed by atoms with Crippen molar-refractivity contribution in [2.24, 2.45) is 23.3 Å². The van der Waals surface area contributed by atoms with Crippen molar-refractivity contribution in [2.75, 3.05) is 13.2 Å². The second kappa shape index (κ2) is 15.2. The molecule has 0 spiro atoms. The van der Waals surface area contributed by atoms with E-state index < -0.39 is 84.7 Å². The summed E-state index contributed by atoms with van der Waals surface area (Å²) in [5, 5.41) is 25.7. The van der Waals surface area contributed by atoms with Gasteiger partial charge in [-0.1, -0.05) is 40.5 Å². The number of nitrogens with one attached hydrogen (secondary N) is 3. The minimum absolute atomic E-state index is 0.172. The average molecular weight is 543 g/mol. The number of hydrogen-bond donors (Lipinski definition) is 7. The van der Waals surface area contributed by atoms with Crippen LogP contribution in [0.5, 0.6) is 0 Å². The third-order valence-corrected chi connectivity index (χ3v) is 7.01. The molecular weight excluding hydrogens is 500 g/mol. The summed E-state index contributed by atoms with van der Waals surface area (Å²) < 4.78 is 0. The van der Waals surface area contributed by atoms with Crippen molar-refractivity contribution in [3.05, 3.63) is 0 Å². The van der Waals surface area contributed by atoms with E-state index in [-0.39, 0.29) is 18.9 Å². The van der Waals surface area contributed by atoms with E-state index in [2.05, 4.69) is 16.0 Å². The Hall–Kier alpha value is -3.26. The number of rotatable bonds is 15. The number of carbonyl (C=O) groups is 6. The predicted octanol–water partition coefficient (Wildman–Crippen LogP) is -2.20. The Balaban J connectivity index is 3.09. The Labute approximate surface area is 222 Å². The van der Waals surface area contributed by atoms with E-state index in [9.17, 15) is 33.9 Å². The van der Waals surface area contributed by atoms with Crippen molar-refractivity contribution < 1.29 is 39.0 Å².